The molecule has 2 atom stereocenters. The maximum atomic E-state index is 14.0. The maximum Gasteiger partial charge on any atom is 0.352 e. The molecule has 2 N–H and O–H groups in total. The van der Waals surface area contributed by atoms with E-state index < -0.39 is 23.8 Å². The molecule has 10 heteroatoms. The second-order valence-corrected chi connectivity index (χ2v) is 10.2. The minimum absolute atomic E-state index is 0.0674. The number of carbonyl (C=O) groups is 1. The zero-order valence-electron chi connectivity index (χ0n) is 23.9. The molecule has 8 nitrogen and oxygen atoms in total. The molecule has 0 amide bonds. The summed E-state index contributed by atoms with van der Waals surface area (Å²) in [5, 5.41) is 10.6. The second-order valence-electron chi connectivity index (χ2n) is 9.76. The third kappa shape index (κ3) is 6.56. The van der Waals surface area contributed by atoms with Gasteiger partial charge in [0.1, 0.15) is 29.7 Å². The summed E-state index contributed by atoms with van der Waals surface area (Å²) < 4.78 is 42.6. The van der Waals surface area contributed by atoms with E-state index in [1.54, 1.807) is 36.4 Å². The molecule has 0 spiro atoms. The third-order valence-electron chi connectivity index (χ3n) is 6.82. The van der Waals surface area contributed by atoms with Crippen molar-refractivity contribution >= 4 is 17.6 Å². The fourth-order valence-corrected chi connectivity index (χ4v) is 4.87. The molecule has 0 saturated heterocycles. The van der Waals surface area contributed by atoms with E-state index in [1.165, 1.54) is 31.2 Å². The van der Waals surface area contributed by atoms with Crippen LogP contribution in [0.15, 0.2) is 96.4 Å². The summed E-state index contributed by atoms with van der Waals surface area (Å²) >= 11 is 6.29. The number of nitriles is 1. The first-order valence-electron chi connectivity index (χ1n) is 13.8. The first-order chi connectivity index (χ1) is 21.3. The molecular formula is C34H28ClFN2O6. The number of nitrogens with zero attached hydrogens (tertiary/aromatic N) is 1. The SMILES string of the molecule is CCOc1cc(C2C(C#N)=C(N)Oc3cc(OC(=O)C(C)Oc4ccccc4F)ccc32)ccc1OCc1ccccc1Cl. The summed E-state index contributed by atoms with van der Waals surface area (Å²) in [7, 11) is 0. The highest BCUT2D eigenvalue weighted by atomic mass is 35.5. The van der Waals surface area contributed by atoms with Gasteiger partial charge in [-0.2, -0.15) is 5.26 Å². The summed E-state index contributed by atoms with van der Waals surface area (Å²) in [5.74, 6) is -0.640. The molecule has 0 aliphatic carbocycles. The lowest BCUT2D eigenvalue weighted by molar-refractivity contribution is -0.141. The molecule has 5 rings (SSSR count). The predicted octanol–water partition coefficient (Wildman–Crippen LogP) is 7.05. The van der Waals surface area contributed by atoms with E-state index in [0.29, 0.717) is 40.0 Å². The van der Waals surface area contributed by atoms with E-state index in [4.69, 9.17) is 41.0 Å². The summed E-state index contributed by atoms with van der Waals surface area (Å²) in [6.45, 7) is 3.93. The van der Waals surface area contributed by atoms with Gasteiger partial charge in [0, 0.05) is 22.2 Å². The molecule has 4 aromatic carbocycles. The van der Waals surface area contributed by atoms with Gasteiger partial charge in [-0.25, -0.2) is 9.18 Å². The Hall–Kier alpha value is -5.20. The van der Waals surface area contributed by atoms with Crippen LogP contribution in [0.1, 0.15) is 36.5 Å². The lowest BCUT2D eigenvalue weighted by atomic mass is 9.83. The van der Waals surface area contributed by atoms with Crippen LogP contribution in [0.3, 0.4) is 0 Å². The van der Waals surface area contributed by atoms with Crippen LogP contribution in [0.5, 0.6) is 28.7 Å². The van der Waals surface area contributed by atoms with Crippen molar-refractivity contribution in [1.82, 2.24) is 0 Å². The number of halogens is 2. The highest BCUT2D eigenvalue weighted by molar-refractivity contribution is 6.31. The van der Waals surface area contributed by atoms with E-state index in [-0.39, 0.29) is 29.6 Å². The van der Waals surface area contributed by atoms with Crippen molar-refractivity contribution in [3.63, 3.8) is 0 Å². The van der Waals surface area contributed by atoms with Crippen molar-refractivity contribution in [2.24, 2.45) is 5.73 Å². The Morgan fingerprint density at radius 3 is 2.55 bits per heavy atom. The number of carbonyl (C=O) groups excluding carboxylic acids is 1. The van der Waals surface area contributed by atoms with Gasteiger partial charge in [-0.15, -0.1) is 0 Å². The van der Waals surface area contributed by atoms with Crippen LogP contribution in [-0.2, 0) is 11.4 Å². The van der Waals surface area contributed by atoms with Gasteiger partial charge in [0.25, 0.3) is 0 Å². The molecule has 1 aliphatic rings. The number of benzene rings is 4. The molecule has 0 radical (unpaired) electrons. The quantitative estimate of drug-likeness (QED) is 0.149. The number of fused-ring (bicyclic) bond motifs is 1. The van der Waals surface area contributed by atoms with Crippen molar-refractivity contribution in [2.45, 2.75) is 32.5 Å². The average molecular weight is 615 g/mol. The smallest absolute Gasteiger partial charge is 0.352 e. The van der Waals surface area contributed by atoms with Crippen molar-refractivity contribution in [3.8, 4) is 34.8 Å². The molecular weight excluding hydrogens is 587 g/mol. The molecule has 4 aromatic rings. The number of nitrogens with two attached hydrogens (primary N) is 1. The Morgan fingerprint density at radius 2 is 1.80 bits per heavy atom. The number of allylic oxidation sites excluding steroid dienone is 1. The Bertz CT molecular complexity index is 1770. The molecule has 0 aromatic heterocycles. The first kappa shape index (κ1) is 30.3. The largest absolute Gasteiger partial charge is 0.490 e. The zero-order valence-corrected chi connectivity index (χ0v) is 24.6. The van der Waals surface area contributed by atoms with Crippen LogP contribution in [0.25, 0.3) is 0 Å². The lowest BCUT2D eigenvalue weighted by Gasteiger charge is -2.27. The fourth-order valence-electron chi connectivity index (χ4n) is 4.68. The van der Waals surface area contributed by atoms with Gasteiger partial charge in [0.05, 0.1) is 12.5 Å². The van der Waals surface area contributed by atoms with Gasteiger partial charge < -0.3 is 29.4 Å². The van der Waals surface area contributed by atoms with Gasteiger partial charge in [-0.3, -0.25) is 0 Å². The summed E-state index contributed by atoms with van der Waals surface area (Å²) in [6.07, 6.45) is -1.10. The highest BCUT2D eigenvalue weighted by Crippen LogP contribution is 2.45. The normalized spacial score (nSPS) is 14.5. The summed E-state index contributed by atoms with van der Waals surface area (Å²) in [5.41, 5.74) is 8.55. The Kier molecular flexibility index (Phi) is 9.22. The Labute approximate surface area is 258 Å². The highest BCUT2D eigenvalue weighted by Gasteiger charge is 2.32. The lowest BCUT2D eigenvalue weighted by Crippen LogP contribution is -2.29. The Balaban J connectivity index is 1.40. The summed E-state index contributed by atoms with van der Waals surface area (Å²) in [4.78, 5) is 12.7. The number of hydrogen-bond donors (Lipinski definition) is 1. The second kappa shape index (κ2) is 13.4. The van der Waals surface area contributed by atoms with Crippen LogP contribution in [0.2, 0.25) is 5.02 Å². The molecule has 0 fully saturated rings. The van der Waals surface area contributed by atoms with Gasteiger partial charge in [0.2, 0.25) is 5.88 Å². The number of para-hydroxylation sites is 1. The van der Waals surface area contributed by atoms with Crippen LogP contribution in [-0.4, -0.2) is 18.7 Å². The van der Waals surface area contributed by atoms with E-state index in [0.717, 1.165) is 5.56 Å². The molecule has 0 bridgehead atoms. The van der Waals surface area contributed by atoms with Crippen LogP contribution in [0, 0.1) is 17.1 Å². The number of ether oxygens (including phenoxy) is 5. The number of hydrogen-bond acceptors (Lipinski definition) is 8. The van der Waals surface area contributed by atoms with Crippen LogP contribution >= 0.6 is 11.6 Å². The molecule has 44 heavy (non-hydrogen) atoms. The van der Waals surface area contributed by atoms with E-state index in [2.05, 4.69) is 6.07 Å². The minimum Gasteiger partial charge on any atom is -0.490 e. The zero-order chi connectivity index (χ0) is 31.2. The standard InChI is InChI=1S/C34H28ClFN2O6/c1-3-40-31-16-21(12-15-29(31)41-19-22-8-4-5-9-26(22)35)32-24-14-13-23(17-30(24)44-33(38)25(32)18-37)43-34(39)20(2)42-28-11-7-6-10-27(28)36/h4-17,20,32H,3,19,38H2,1-2H3. The van der Waals surface area contributed by atoms with E-state index in [9.17, 15) is 14.4 Å². The molecule has 1 aliphatic heterocycles. The first-order valence-corrected chi connectivity index (χ1v) is 14.1. The Morgan fingerprint density at radius 1 is 1.02 bits per heavy atom. The molecule has 224 valence electrons. The fraction of sp³-hybridized carbons (Fsp3) is 0.176. The van der Waals surface area contributed by atoms with Gasteiger partial charge in [-0.1, -0.05) is 54.1 Å². The van der Waals surface area contributed by atoms with Crippen LogP contribution in [0.4, 0.5) is 4.39 Å². The van der Waals surface area contributed by atoms with Gasteiger partial charge >= 0.3 is 5.97 Å². The van der Waals surface area contributed by atoms with Gasteiger partial charge in [0.15, 0.2) is 29.2 Å². The molecule has 0 saturated carbocycles. The topological polar surface area (TPSA) is 113 Å². The van der Waals surface area contributed by atoms with Crippen molar-refractivity contribution < 1.29 is 32.9 Å². The maximum absolute atomic E-state index is 14.0. The monoisotopic (exact) mass is 614 g/mol. The minimum atomic E-state index is -1.10. The van der Waals surface area contributed by atoms with E-state index in [1.807, 2.05) is 31.2 Å². The van der Waals surface area contributed by atoms with Gasteiger partial charge in [-0.05, 0) is 55.8 Å². The summed E-state index contributed by atoms with van der Waals surface area (Å²) in [6, 6.07) is 25.5. The third-order valence-corrected chi connectivity index (χ3v) is 7.19. The predicted molar refractivity (Wildman–Crippen MR) is 161 cm³/mol. The molecule has 2 unspecified atom stereocenters. The van der Waals surface area contributed by atoms with Crippen molar-refractivity contribution in [1.29, 1.82) is 5.26 Å². The average Bonchev–Trinajstić information content (AvgIpc) is 3.01. The molecule has 1 heterocycles. The van der Waals surface area contributed by atoms with Crippen molar-refractivity contribution in [2.75, 3.05) is 6.61 Å². The van der Waals surface area contributed by atoms with Crippen LogP contribution < -0.4 is 29.4 Å². The van der Waals surface area contributed by atoms with E-state index >= 15 is 0 Å². The number of rotatable bonds is 10. The number of esters is 1. The van der Waals surface area contributed by atoms with Crippen molar-refractivity contribution in [3.05, 3.63) is 124 Å².